The second kappa shape index (κ2) is 9.38. The Morgan fingerprint density at radius 2 is 1.72 bits per heavy atom. The molecule has 3 rings (SSSR count). The van der Waals surface area contributed by atoms with E-state index in [-0.39, 0.29) is 23.7 Å². The minimum Gasteiger partial charge on any atom is -0.493 e. The van der Waals surface area contributed by atoms with Crippen molar-refractivity contribution in [2.75, 3.05) is 7.11 Å². The largest absolute Gasteiger partial charge is 0.493 e. The number of rotatable bonds is 8. The normalized spacial score (nSPS) is 10.8. The molecule has 1 aromatic heterocycles. The maximum atomic E-state index is 11.7. The van der Waals surface area contributed by atoms with Crippen molar-refractivity contribution in [3.05, 3.63) is 100 Å². The van der Waals surface area contributed by atoms with Crippen LogP contribution in [0, 0.1) is 20.2 Å². The van der Waals surface area contributed by atoms with Crippen molar-refractivity contribution in [3.8, 4) is 11.5 Å². The summed E-state index contributed by atoms with van der Waals surface area (Å²) in [4.78, 5) is 48.1. The number of nitrogens with zero attached hydrogens (tertiary/aromatic N) is 2. The van der Waals surface area contributed by atoms with Crippen molar-refractivity contribution >= 4 is 23.5 Å². The number of hydrogen-bond acceptors (Lipinski definition) is 8. The number of nitro benzene ring substituents is 1. The van der Waals surface area contributed by atoms with Crippen LogP contribution in [-0.2, 0) is 6.61 Å². The van der Waals surface area contributed by atoms with E-state index >= 15 is 0 Å². The van der Waals surface area contributed by atoms with Crippen LogP contribution >= 0.6 is 0 Å². The van der Waals surface area contributed by atoms with E-state index in [1.165, 1.54) is 25.3 Å². The van der Waals surface area contributed by atoms with E-state index in [1.807, 2.05) is 0 Å². The van der Waals surface area contributed by atoms with Crippen LogP contribution in [-0.4, -0.2) is 26.9 Å². The summed E-state index contributed by atoms with van der Waals surface area (Å²) in [5.74, 6) is 0.623. The fourth-order valence-electron chi connectivity index (χ4n) is 2.86. The third-order valence-electron chi connectivity index (χ3n) is 4.33. The Hall–Kier alpha value is -4.74. The highest BCUT2D eigenvalue weighted by Gasteiger charge is 2.19. The predicted molar refractivity (Wildman–Crippen MR) is 114 cm³/mol. The zero-order valence-electron chi connectivity index (χ0n) is 16.6. The van der Waals surface area contributed by atoms with Gasteiger partial charge in [0.05, 0.1) is 22.5 Å². The van der Waals surface area contributed by atoms with Gasteiger partial charge in [0, 0.05) is 6.07 Å². The maximum absolute atomic E-state index is 11.7. The quantitative estimate of drug-likeness (QED) is 0.397. The molecule has 12 nitrogen and oxygen atoms in total. The lowest BCUT2D eigenvalue weighted by Crippen LogP contribution is -2.25. The number of para-hydroxylation sites is 1. The number of benzene rings is 2. The van der Waals surface area contributed by atoms with Crippen LogP contribution in [0.1, 0.15) is 16.8 Å². The predicted octanol–water partition coefficient (Wildman–Crippen LogP) is 2.64. The van der Waals surface area contributed by atoms with E-state index < -0.39 is 26.8 Å². The number of methoxy groups -OCH3 is 1. The van der Waals surface area contributed by atoms with Gasteiger partial charge < -0.3 is 14.5 Å². The summed E-state index contributed by atoms with van der Waals surface area (Å²) in [5, 5.41) is 22.3. The van der Waals surface area contributed by atoms with Crippen molar-refractivity contribution in [1.29, 1.82) is 0 Å². The molecule has 32 heavy (non-hydrogen) atoms. The molecule has 0 fully saturated rings. The molecule has 0 spiro atoms. The second-order valence-electron chi connectivity index (χ2n) is 6.35. The number of aromatic amines is 2. The van der Waals surface area contributed by atoms with Gasteiger partial charge in [0.1, 0.15) is 12.3 Å². The molecule has 1 heterocycles. The van der Waals surface area contributed by atoms with E-state index in [0.717, 1.165) is 0 Å². The molecule has 12 heteroatoms. The Balaban J connectivity index is 1.91. The maximum Gasteiger partial charge on any atom is 0.357 e. The molecule has 2 aromatic carbocycles. The molecule has 0 saturated heterocycles. The molecule has 0 aliphatic rings. The van der Waals surface area contributed by atoms with Crippen molar-refractivity contribution < 1.29 is 19.3 Å². The highest BCUT2D eigenvalue weighted by Crippen LogP contribution is 2.30. The topological polar surface area (TPSA) is 170 Å². The van der Waals surface area contributed by atoms with Gasteiger partial charge in [-0.05, 0) is 29.8 Å². The third kappa shape index (κ3) is 4.87. The summed E-state index contributed by atoms with van der Waals surface area (Å²) in [6, 6.07) is 10.9. The van der Waals surface area contributed by atoms with Gasteiger partial charge in [0.25, 0.3) is 5.69 Å². The average Bonchev–Trinajstić information content (AvgIpc) is 2.75. The molecular weight excluding hydrogens is 424 g/mol. The van der Waals surface area contributed by atoms with Crippen LogP contribution in [0.25, 0.3) is 12.2 Å². The van der Waals surface area contributed by atoms with Crippen molar-refractivity contribution in [1.82, 2.24) is 9.97 Å². The first-order valence-electron chi connectivity index (χ1n) is 9.02. The molecule has 0 atom stereocenters. The van der Waals surface area contributed by atoms with E-state index in [1.54, 1.807) is 41.4 Å². The Morgan fingerprint density at radius 3 is 2.41 bits per heavy atom. The van der Waals surface area contributed by atoms with Gasteiger partial charge in [0.2, 0.25) is 0 Å². The smallest absolute Gasteiger partial charge is 0.357 e. The molecule has 0 bridgehead atoms. The molecule has 0 saturated carbocycles. The number of nitrogens with one attached hydrogen (secondary N) is 2. The zero-order chi connectivity index (χ0) is 23.3. The second-order valence-corrected chi connectivity index (χ2v) is 6.35. The fraction of sp³-hybridized carbons (Fsp3) is 0.100. The molecule has 0 radical (unpaired) electrons. The number of hydrogen-bond donors (Lipinski definition) is 2. The van der Waals surface area contributed by atoms with Gasteiger partial charge >= 0.3 is 16.9 Å². The molecular formula is C20H16N4O8. The van der Waals surface area contributed by atoms with E-state index in [9.17, 15) is 29.8 Å². The van der Waals surface area contributed by atoms with Gasteiger partial charge in [-0.3, -0.25) is 30.0 Å². The Morgan fingerprint density at radius 1 is 0.969 bits per heavy atom. The van der Waals surface area contributed by atoms with Crippen molar-refractivity contribution in [2.24, 2.45) is 0 Å². The molecule has 0 aliphatic carbocycles. The number of aromatic nitrogens is 2. The van der Waals surface area contributed by atoms with Crippen molar-refractivity contribution in [2.45, 2.75) is 6.61 Å². The highest BCUT2D eigenvalue weighted by molar-refractivity contribution is 5.72. The first-order valence-corrected chi connectivity index (χ1v) is 9.02. The average molecular weight is 440 g/mol. The van der Waals surface area contributed by atoms with Gasteiger partial charge in [-0.25, -0.2) is 4.79 Å². The van der Waals surface area contributed by atoms with Gasteiger partial charge in [-0.1, -0.05) is 24.3 Å². The Bertz CT molecular complexity index is 1330. The van der Waals surface area contributed by atoms with E-state index in [0.29, 0.717) is 16.9 Å². The van der Waals surface area contributed by atoms with Gasteiger partial charge in [-0.15, -0.1) is 0 Å². The fourth-order valence-corrected chi connectivity index (χ4v) is 2.86. The summed E-state index contributed by atoms with van der Waals surface area (Å²) in [6.07, 6.45) is 2.64. The first-order chi connectivity index (χ1) is 15.3. The lowest BCUT2D eigenvalue weighted by atomic mass is 10.1. The minimum atomic E-state index is -1.12. The molecule has 0 unspecified atom stereocenters. The standard InChI is InChI=1S/C20H16N4O8/c1-31-16-9-7-12(6-8-14-18(24(29)30)19(25)22-20(26)21-14)10-17(16)32-11-13-4-2-3-5-15(13)23(27)28/h2-10H,11H2,1H3,(H2,21,22,25,26). The van der Waals surface area contributed by atoms with Crippen LogP contribution < -0.4 is 20.7 Å². The number of nitro groups is 2. The Kier molecular flexibility index (Phi) is 6.44. The monoisotopic (exact) mass is 440 g/mol. The Labute approximate surface area is 179 Å². The zero-order valence-corrected chi connectivity index (χ0v) is 16.6. The highest BCUT2D eigenvalue weighted by atomic mass is 16.6. The lowest BCUT2D eigenvalue weighted by molar-refractivity contribution is -0.386. The first kappa shape index (κ1) is 22.0. The summed E-state index contributed by atoms with van der Waals surface area (Å²) in [6.45, 7) is -0.104. The van der Waals surface area contributed by atoms with E-state index in [2.05, 4.69) is 4.98 Å². The van der Waals surface area contributed by atoms with Crippen LogP contribution in [0.3, 0.4) is 0 Å². The third-order valence-corrected chi connectivity index (χ3v) is 4.33. The molecule has 2 N–H and O–H groups in total. The molecule has 3 aromatic rings. The van der Waals surface area contributed by atoms with Gasteiger partial charge in [0.15, 0.2) is 11.5 Å². The summed E-state index contributed by atoms with van der Waals surface area (Å²) in [5.41, 5.74) is -2.32. The minimum absolute atomic E-state index is 0.0897. The van der Waals surface area contributed by atoms with E-state index in [4.69, 9.17) is 9.47 Å². The summed E-state index contributed by atoms with van der Waals surface area (Å²) < 4.78 is 11.0. The summed E-state index contributed by atoms with van der Waals surface area (Å²) >= 11 is 0. The number of H-pyrrole nitrogens is 2. The molecule has 0 aliphatic heterocycles. The molecule has 164 valence electrons. The van der Waals surface area contributed by atoms with Crippen LogP contribution in [0.4, 0.5) is 11.4 Å². The SMILES string of the molecule is COc1ccc(C=Cc2[nH]c(=O)[nH]c(=O)c2[N+](=O)[O-])cc1OCc1ccccc1[N+](=O)[O-]. The van der Waals surface area contributed by atoms with Crippen molar-refractivity contribution in [3.63, 3.8) is 0 Å². The van der Waals surface area contributed by atoms with Crippen LogP contribution in [0.5, 0.6) is 11.5 Å². The van der Waals surface area contributed by atoms with Crippen LogP contribution in [0.15, 0.2) is 52.1 Å². The lowest BCUT2D eigenvalue weighted by Gasteiger charge is -2.11. The molecule has 0 amide bonds. The van der Waals surface area contributed by atoms with Crippen LogP contribution in [0.2, 0.25) is 0 Å². The summed E-state index contributed by atoms with van der Waals surface area (Å²) in [7, 11) is 1.42. The number of ether oxygens (including phenoxy) is 2. The van der Waals surface area contributed by atoms with Gasteiger partial charge in [-0.2, -0.15) is 0 Å².